The van der Waals surface area contributed by atoms with E-state index in [0.717, 1.165) is 6.20 Å². The quantitative estimate of drug-likeness (QED) is 0.245. The molecule has 11 nitrogen and oxygen atoms in total. The number of hydrogen-bond donors (Lipinski definition) is 6. The van der Waals surface area contributed by atoms with Crippen LogP contribution in [0.5, 0.6) is 0 Å². The number of aromatic amines is 1. The lowest BCUT2D eigenvalue weighted by atomic mass is 10.0. The van der Waals surface area contributed by atoms with Crippen molar-refractivity contribution in [1.29, 1.82) is 0 Å². The maximum absolute atomic E-state index is 13.1. The molecule has 2 saturated heterocycles. The Morgan fingerprint density at radius 3 is 2.54 bits per heavy atom. The van der Waals surface area contributed by atoms with Crippen LogP contribution in [0.3, 0.4) is 0 Å². The molecule has 210 valence electrons. The second-order valence-electron chi connectivity index (χ2n) is 9.03. The lowest BCUT2D eigenvalue weighted by Gasteiger charge is -2.43. The van der Waals surface area contributed by atoms with Gasteiger partial charge in [0.1, 0.15) is 18.5 Å². The summed E-state index contributed by atoms with van der Waals surface area (Å²) in [6, 6.07) is -1.32. The van der Waals surface area contributed by atoms with E-state index in [4.69, 9.17) is 4.74 Å². The molecule has 0 unspecified atom stereocenters. The number of aliphatic hydroxyl groups excluding tert-OH is 1. The van der Waals surface area contributed by atoms with Crippen molar-refractivity contribution in [2.45, 2.75) is 50.2 Å². The molecule has 0 radical (unpaired) electrons. The molecule has 37 heavy (non-hydrogen) atoms. The first-order valence-corrected chi connectivity index (χ1v) is 11.5. The van der Waals surface area contributed by atoms with Crippen LogP contribution in [-0.4, -0.2) is 96.2 Å². The van der Waals surface area contributed by atoms with Crippen LogP contribution >= 0.6 is 0 Å². The van der Waals surface area contributed by atoms with Gasteiger partial charge in [-0.15, -0.1) is 0 Å². The van der Waals surface area contributed by atoms with Gasteiger partial charge in [0, 0.05) is 32.2 Å². The number of ether oxygens (including phenoxy) is 1. The van der Waals surface area contributed by atoms with Crippen LogP contribution in [0.2, 0.25) is 0 Å². The van der Waals surface area contributed by atoms with Gasteiger partial charge < -0.3 is 20.5 Å². The highest BCUT2D eigenvalue weighted by atomic mass is 19.4. The van der Waals surface area contributed by atoms with Crippen LogP contribution in [0.15, 0.2) is 11.0 Å². The number of H-pyrrole nitrogens is 1. The highest BCUT2D eigenvalue weighted by Crippen LogP contribution is 2.31. The first-order valence-electron chi connectivity index (χ1n) is 11.5. The molecule has 2 aliphatic rings. The van der Waals surface area contributed by atoms with Gasteiger partial charge in [0.05, 0.1) is 36.6 Å². The molecule has 0 aliphatic carbocycles. The average Bonchev–Trinajstić information content (AvgIpc) is 2.79. The summed E-state index contributed by atoms with van der Waals surface area (Å²) in [4.78, 5) is 25.5. The standard InChI is InChI=1S/C20H29F6N7O4/c1-10(30-13-6-29-32-17(36)16(13)20(24,25)26)8-37-9-15(35)31-12-2-3-33(7-14(12)34)18-27-4-11(5-28-18)19(21,22)23/h6,10-12,14,18,27-28,34H,2-5,7-9H2,1H3,(H,31,35)(H2,30,32,36)/t10-,11?,12+,14+,18?/m0/s1. The van der Waals surface area contributed by atoms with Crippen molar-refractivity contribution in [2.75, 3.05) is 44.7 Å². The number of hydrogen-bond acceptors (Lipinski definition) is 9. The zero-order valence-corrected chi connectivity index (χ0v) is 19.7. The van der Waals surface area contributed by atoms with Crippen molar-refractivity contribution in [3.8, 4) is 0 Å². The smallest absolute Gasteiger partial charge is 0.390 e. The van der Waals surface area contributed by atoms with E-state index in [-0.39, 0.29) is 26.2 Å². The fourth-order valence-corrected chi connectivity index (χ4v) is 4.17. The number of nitrogens with zero attached hydrogens (tertiary/aromatic N) is 2. The number of carbonyl (C=O) groups excluding carboxylic acids is 1. The van der Waals surface area contributed by atoms with Crippen LogP contribution in [0, 0.1) is 5.92 Å². The van der Waals surface area contributed by atoms with E-state index in [9.17, 15) is 41.0 Å². The molecular weight excluding hydrogens is 516 g/mol. The largest absolute Gasteiger partial charge is 0.423 e. The molecule has 17 heteroatoms. The Kier molecular flexibility index (Phi) is 9.38. The molecule has 2 aliphatic heterocycles. The molecule has 0 bridgehead atoms. The molecular formula is C20H29F6N7O4. The van der Waals surface area contributed by atoms with Gasteiger partial charge in [0.25, 0.3) is 5.56 Å². The molecule has 3 rings (SSSR count). The molecule has 1 aromatic heterocycles. The molecule has 3 atom stereocenters. The van der Waals surface area contributed by atoms with Gasteiger partial charge in [0.15, 0.2) is 0 Å². The number of aliphatic hydroxyl groups is 1. The van der Waals surface area contributed by atoms with Crippen molar-refractivity contribution in [2.24, 2.45) is 5.92 Å². The number of carbonyl (C=O) groups is 1. The van der Waals surface area contributed by atoms with Crippen molar-refractivity contribution in [3.63, 3.8) is 0 Å². The Labute approximate surface area is 207 Å². The number of rotatable bonds is 8. The number of β-amino-alcohol motifs (C(OH)–C–C–N with tert-alkyl or cyclic N) is 1. The van der Waals surface area contributed by atoms with Gasteiger partial charge in [-0.25, -0.2) is 5.10 Å². The number of amides is 1. The molecule has 1 aromatic rings. The third kappa shape index (κ3) is 8.00. The van der Waals surface area contributed by atoms with Crippen LogP contribution < -0.4 is 26.8 Å². The lowest BCUT2D eigenvalue weighted by molar-refractivity contribution is -0.180. The minimum atomic E-state index is -4.90. The van der Waals surface area contributed by atoms with Crippen molar-refractivity contribution in [1.82, 2.24) is 31.0 Å². The van der Waals surface area contributed by atoms with E-state index in [1.165, 1.54) is 6.92 Å². The number of anilines is 1. The molecule has 0 aromatic carbocycles. The second-order valence-corrected chi connectivity index (χ2v) is 9.03. The summed E-state index contributed by atoms with van der Waals surface area (Å²) in [7, 11) is 0. The predicted molar refractivity (Wildman–Crippen MR) is 117 cm³/mol. The zero-order valence-electron chi connectivity index (χ0n) is 19.7. The molecule has 1 amide bonds. The predicted octanol–water partition coefficient (Wildman–Crippen LogP) is -0.188. The van der Waals surface area contributed by atoms with Crippen molar-refractivity contribution < 1.29 is 41.0 Å². The summed E-state index contributed by atoms with van der Waals surface area (Å²) in [5.74, 6) is -2.05. The van der Waals surface area contributed by atoms with Gasteiger partial charge in [-0.3, -0.25) is 25.1 Å². The number of aromatic nitrogens is 2. The van der Waals surface area contributed by atoms with E-state index in [1.807, 2.05) is 0 Å². The fourth-order valence-electron chi connectivity index (χ4n) is 4.17. The molecule has 0 spiro atoms. The molecule has 3 heterocycles. The third-order valence-electron chi connectivity index (χ3n) is 6.05. The van der Waals surface area contributed by atoms with E-state index < -0.39 is 72.1 Å². The zero-order chi connectivity index (χ0) is 27.4. The van der Waals surface area contributed by atoms with Crippen LogP contribution in [-0.2, 0) is 15.7 Å². The monoisotopic (exact) mass is 545 g/mol. The summed E-state index contributed by atoms with van der Waals surface area (Å²) >= 11 is 0. The summed E-state index contributed by atoms with van der Waals surface area (Å²) in [6.07, 6.45) is -9.55. The summed E-state index contributed by atoms with van der Waals surface area (Å²) in [5.41, 5.74) is -3.34. The van der Waals surface area contributed by atoms with Crippen molar-refractivity contribution in [3.05, 3.63) is 22.1 Å². The highest BCUT2D eigenvalue weighted by molar-refractivity contribution is 5.77. The van der Waals surface area contributed by atoms with E-state index in [2.05, 4.69) is 26.4 Å². The Morgan fingerprint density at radius 2 is 1.95 bits per heavy atom. The number of piperidine rings is 1. The molecule has 2 fully saturated rings. The molecule has 6 N–H and O–H groups in total. The summed E-state index contributed by atoms with van der Waals surface area (Å²) in [5, 5.41) is 26.2. The van der Waals surface area contributed by atoms with Gasteiger partial charge in [0.2, 0.25) is 5.91 Å². The van der Waals surface area contributed by atoms with Gasteiger partial charge in [-0.2, -0.15) is 31.4 Å². The van der Waals surface area contributed by atoms with Gasteiger partial charge in [-0.05, 0) is 13.3 Å². The van der Waals surface area contributed by atoms with Crippen LogP contribution in [0.25, 0.3) is 0 Å². The minimum absolute atomic E-state index is 0.111. The lowest BCUT2D eigenvalue weighted by Crippen LogP contribution is -2.67. The van der Waals surface area contributed by atoms with Gasteiger partial charge >= 0.3 is 12.4 Å². The number of alkyl halides is 6. The first kappa shape index (κ1) is 29.1. The van der Waals surface area contributed by atoms with E-state index in [1.54, 1.807) is 10.00 Å². The Balaban J connectivity index is 1.39. The maximum atomic E-state index is 13.1. The van der Waals surface area contributed by atoms with Gasteiger partial charge in [-0.1, -0.05) is 0 Å². The SMILES string of the molecule is C[C@@H](COCC(=O)N[C@@H]1CCN(C2NCC(C(F)(F)F)CN2)C[C@H]1O)Nc1cn[nH]c(=O)c1C(F)(F)F. The fraction of sp³-hybridized carbons (Fsp3) is 0.750. The number of nitrogens with one attached hydrogen (secondary N) is 5. The van der Waals surface area contributed by atoms with Crippen molar-refractivity contribution >= 4 is 11.6 Å². The average molecular weight is 545 g/mol. The Morgan fingerprint density at radius 1 is 1.27 bits per heavy atom. The number of likely N-dealkylation sites (tertiary alicyclic amines) is 1. The van der Waals surface area contributed by atoms with E-state index in [0.29, 0.717) is 13.0 Å². The Hall–Kier alpha value is -2.47. The highest BCUT2D eigenvalue weighted by Gasteiger charge is 2.43. The summed E-state index contributed by atoms with van der Waals surface area (Å²) in [6.45, 7) is 0.917. The normalized spacial score (nSPS) is 26.5. The van der Waals surface area contributed by atoms with Crippen LogP contribution in [0.4, 0.5) is 32.0 Å². The number of halogens is 6. The summed E-state index contributed by atoms with van der Waals surface area (Å²) < 4.78 is 83.0. The third-order valence-corrected chi connectivity index (χ3v) is 6.05. The second kappa shape index (κ2) is 11.9. The minimum Gasteiger partial charge on any atom is -0.390 e. The first-order chi connectivity index (χ1) is 17.3. The molecule has 0 saturated carbocycles. The van der Waals surface area contributed by atoms with Crippen LogP contribution in [0.1, 0.15) is 18.9 Å². The maximum Gasteiger partial charge on any atom is 0.423 e. The Bertz CT molecular complexity index is 968. The topological polar surface area (TPSA) is 144 Å². The van der Waals surface area contributed by atoms with E-state index >= 15 is 0 Å².